The van der Waals surface area contributed by atoms with E-state index in [1.165, 1.54) is 6.07 Å². The molecule has 0 saturated carbocycles. The maximum absolute atomic E-state index is 13.2. The van der Waals surface area contributed by atoms with E-state index in [4.69, 9.17) is 0 Å². The molecule has 1 unspecified atom stereocenters. The Labute approximate surface area is 82.8 Å². The van der Waals surface area contributed by atoms with E-state index in [0.717, 1.165) is 12.1 Å². The van der Waals surface area contributed by atoms with Crippen LogP contribution in [0, 0.1) is 11.6 Å². The SMILES string of the molecule is C=CC(O)c1c(F)ccc(Br)c1F. The highest BCUT2D eigenvalue weighted by Gasteiger charge is 2.17. The summed E-state index contributed by atoms with van der Waals surface area (Å²) in [6.07, 6.45) is -0.258. The van der Waals surface area contributed by atoms with Gasteiger partial charge in [0.25, 0.3) is 0 Å². The molecule has 0 radical (unpaired) electrons. The Morgan fingerprint density at radius 2 is 2.08 bits per heavy atom. The number of rotatable bonds is 2. The summed E-state index contributed by atoms with van der Waals surface area (Å²) in [5.74, 6) is -1.58. The van der Waals surface area contributed by atoms with Crippen LogP contribution >= 0.6 is 15.9 Å². The van der Waals surface area contributed by atoms with E-state index in [2.05, 4.69) is 22.5 Å². The number of aliphatic hydroxyl groups excluding tert-OH is 1. The minimum absolute atomic E-state index is 0.116. The van der Waals surface area contributed by atoms with Crippen LogP contribution in [0.2, 0.25) is 0 Å². The molecule has 0 aliphatic rings. The molecule has 1 nitrogen and oxygen atoms in total. The Kier molecular flexibility index (Phi) is 3.17. The van der Waals surface area contributed by atoms with E-state index in [9.17, 15) is 13.9 Å². The fraction of sp³-hybridized carbons (Fsp3) is 0.111. The van der Waals surface area contributed by atoms with Gasteiger partial charge in [-0.2, -0.15) is 0 Å². The van der Waals surface area contributed by atoms with Crippen molar-refractivity contribution in [2.75, 3.05) is 0 Å². The van der Waals surface area contributed by atoms with Crippen molar-refractivity contribution in [3.63, 3.8) is 0 Å². The molecule has 1 atom stereocenters. The fourth-order valence-corrected chi connectivity index (χ4v) is 1.28. The average Bonchev–Trinajstić information content (AvgIpc) is 2.12. The molecule has 13 heavy (non-hydrogen) atoms. The van der Waals surface area contributed by atoms with Crippen molar-refractivity contribution in [3.8, 4) is 0 Å². The minimum atomic E-state index is -1.32. The lowest BCUT2D eigenvalue weighted by Crippen LogP contribution is -2.01. The van der Waals surface area contributed by atoms with Gasteiger partial charge in [0.05, 0.1) is 10.0 Å². The van der Waals surface area contributed by atoms with Crippen molar-refractivity contribution in [2.45, 2.75) is 6.10 Å². The standard InChI is InChI=1S/C9H7BrF2O/c1-2-7(13)8-6(11)4-3-5(10)9(8)12/h2-4,7,13H,1H2. The van der Waals surface area contributed by atoms with Crippen LogP contribution in [0.15, 0.2) is 29.3 Å². The third-order valence-electron chi connectivity index (χ3n) is 1.60. The summed E-state index contributed by atoms with van der Waals surface area (Å²) in [6.45, 7) is 3.25. The van der Waals surface area contributed by atoms with Gasteiger partial charge in [0.2, 0.25) is 0 Å². The Morgan fingerprint density at radius 3 is 2.62 bits per heavy atom. The summed E-state index contributed by atoms with van der Waals surface area (Å²) >= 11 is 2.89. The topological polar surface area (TPSA) is 20.2 Å². The van der Waals surface area contributed by atoms with Crippen LogP contribution in [0.5, 0.6) is 0 Å². The molecule has 0 bridgehead atoms. The van der Waals surface area contributed by atoms with Crippen LogP contribution < -0.4 is 0 Å². The van der Waals surface area contributed by atoms with Gasteiger partial charge in [-0.25, -0.2) is 8.78 Å². The molecule has 0 saturated heterocycles. The first-order valence-corrected chi connectivity index (χ1v) is 4.31. The molecule has 0 heterocycles. The van der Waals surface area contributed by atoms with Gasteiger partial charge in [-0.3, -0.25) is 0 Å². The number of halogens is 3. The Hall–Kier alpha value is -0.740. The second-order valence-corrected chi connectivity index (χ2v) is 3.29. The zero-order chi connectivity index (χ0) is 10.0. The van der Waals surface area contributed by atoms with Gasteiger partial charge in [-0.1, -0.05) is 6.08 Å². The molecule has 1 N–H and O–H groups in total. The van der Waals surface area contributed by atoms with E-state index in [-0.39, 0.29) is 10.0 Å². The van der Waals surface area contributed by atoms with Gasteiger partial charge in [0, 0.05) is 0 Å². The fourth-order valence-electron chi connectivity index (χ4n) is 0.932. The average molecular weight is 249 g/mol. The lowest BCUT2D eigenvalue weighted by Gasteiger charge is -2.09. The molecular formula is C9H7BrF2O. The molecule has 4 heteroatoms. The highest BCUT2D eigenvalue weighted by Crippen LogP contribution is 2.26. The summed E-state index contributed by atoms with van der Waals surface area (Å²) < 4.78 is 26.3. The lowest BCUT2D eigenvalue weighted by atomic mass is 10.1. The highest BCUT2D eigenvalue weighted by atomic mass is 79.9. The zero-order valence-electron chi connectivity index (χ0n) is 6.60. The Bertz CT molecular complexity index is 339. The molecule has 0 aromatic heterocycles. The van der Waals surface area contributed by atoms with E-state index in [0.29, 0.717) is 0 Å². The van der Waals surface area contributed by atoms with Crippen molar-refractivity contribution < 1.29 is 13.9 Å². The van der Waals surface area contributed by atoms with Crippen molar-refractivity contribution in [1.29, 1.82) is 0 Å². The van der Waals surface area contributed by atoms with Crippen LogP contribution in [-0.4, -0.2) is 5.11 Å². The lowest BCUT2D eigenvalue weighted by molar-refractivity contribution is 0.217. The van der Waals surface area contributed by atoms with Crippen molar-refractivity contribution in [2.24, 2.45) is 0 Å². The van der Waals surface area contributed by atoms with Crippen LogP contribution in [0.25, 0.3) is 0 Å². The van der Waals surface area contributed by atoms with Gasteiger partial charge >= 0.3 is 0 Å². The van der Waals surface area contributed by atoms with Crippen LogP contribution in [0.1, 0.15) is 11.7 Å². The van der Waals surface area contributed by atoms with E-state index in [1.54, 1.807) is 0 Å². The van der Waals surface area contributed by atoms with Gasteiger partial charge < -0.3 is 5.11 Å². The maximum Gasteiger partial charge on any atom is 0.146 e. The molecule has 1 aromatic carbocycles. The van der Waals surface area contributed by atoms with Crippen molar-refractivity contribution >= 4 is 15.9 Å². The van der Waals surface area contributed by atoms with E-state index >= 15 is 0 Å². The predicted molar refractivity (Wildman–Crippen MR) is 49.2 cm³/mol. The third kappa shape index (κ3) is 1.95. The predicted octanol–water partition coefficient (Wildman–Crippen LogP) is 2.95. The van der Waals surface area contributed by atoms with Gasteiger partial charge in [-0.15, -0.1) is 6.58 Å². The second-order valence-electron chi connectivity index (χ2n) is 2.44. The summed E-state index contributed by atoms with van der Waals surface area (Å²) in [7, 11) is 0. The molecule has 0 amide bonds. The monoisotopic (exact) mass is 248 g/mol. The molecule has 70 valence electrons. The van der Waals surface area contributed by atoms with Crippen molar-refractivity contribution in [1.82, 2.24) is 0 Å². The first kappa shape index (κ1) is 10.3. The quantitative estimate of drug-likeness (QED) is 0.631. The first-order valence-electron chi connectivity index (χ1n) is 3.52. The summed E-state index contributed by atoms with van der Waals surface area (Å²) in [6, 6.07) is 2.32. The number of hydrogen-bond acceptors (Lipinski definition) is 1. The molecular weight excluding hydrogens is 242 g/mol. The number of hydrogen-bond donors (Lipinski definition) is 1. The van der Waals surface area contributed by atoms with Gasteiger partial charge in [-0.05, 0) is 28.1 Å². The van der Waals surface area contributed by atoms with Crippen molar-refractivity contribution in [3.05, 3.63) is 46.5 Å². The minimum Gasteiger partial charge on any atom is -0.384 e. The van der Waals surface area contributed by atoms with Gasteiger partial charge in [0.15, 0.2) is 0 Å². The number of aliphatic hydroxyl groups is 1. The molecule has 0 aliphatic carbocycles. The van der Waals surface area contributed by atoms with Crippen LogP contribution in [-0.2, 0) is 0 Å². The zero-order valence-corrected chi connectivity index (χ0v) is 8.18. The third-order valence-corrected chi connectivity index (χ3v) is 2.21. The smallest absolute Gasteiger partial charge is 0.146 e. The van der Waals surface area contributed by atoms with E-state index in [1.807, 2.05) is 0 Å². The largest absolute Gasteiger partial charge is 0.384 e. The maximum atomic E-state index is 13.2. The summed E-state index contributed by atoms with van der Waals surface area (Å²) in [5, 5.41) is 9.20. The molecule has 0 aliphatic heterocycles. The first-order chi connectivity index (χ1) is 6.07. The molecule has 1 aromatic rings. The summed E-state index contributed by atoms with van der Waals surface area (Å²) in [5.41, 5.74) is -0.385. The molecule has 1 rings (SSSR count). The molecule has 0 fully saturated rings. The second kappa shape index (κ2) is 3.98. The number of benzene rings is 1. The Balaban J connectivity index is 3.32. The summed E-state index contributed by atoms with van der Waals surface area (Å²) in [4.78, 5) is 0. The van der Waals surface area contributed by atoms with Crippen LogP contribution in [0.4, 0.5) is 8.78 Å². The van der Waals surface area contributed by atoms with Crippen LogP contribution in [0.3, 0.4) is 0 Å². The van der Waals surface area contributed by atoms with Gasteiger partial charge in [0.1, 0.15) is 17.7 Å². The normalized spacial score (nSPS) is 12.6. The Morgan fingerprint density at radius 1 is 1.46 bits per heavy atom. The van der Waals surface area contributed by atoms with E-state index < -0.39 is 17.7 Å². The molecule has 0 spiro atoms. The highest BCUT2D eigenvalue weighted by molar-refractivity contribution is 9.10.